The van der Waals surface area contributed by atoms with E-state index in [0.717, 1.165) is 23.6 Å². The van der Waals surface area contributed by atoms with E-state index in [-0.39, 0.29) is 12.4 Å². The molecule has 0 heterocycles. The van der Waals surface area contributed by atoms with Gasteiger partial charge in [-0.05, 0) is 18.9 Å². The van der Waals surface area contributed by atoms with Crippen LogP contribution in [-0.2, 0) is 6.54 Å². The van der Waals surface area contributed by atoms with Gasteiger partial charge in [-0.1, -0.05) is 25.7 Å². The molecule has 0 spiro atoms. The molecule has 22 heavy (non-hydrogen) atoms. The predicted molar refractivity (Wildman–Crippen MR) is 84.4 cm³/mol. The summed E-state index contributed by atoms with van der Waals surface area (Å²) in [5, 5.41) is 3.67. The predicted octanol–water partition coefficient (Wildman–Crippen LogP) is 0.529. The molecule has 0 bridgehead atoms. The Morgan fingerprint density at radius 3 is 1.95 bits per heavy atom. The Morgan fingerprint density at radius 1 is 0.864 bits per heavy atom. The van der Waals surface area contributed by atoms with Gasteiger partial charge in [-0.15, -0.1) is 0 Å². The van der Waals surface area contributed by atoms with Crippen LogP contribution in [0.4, 0.5) is 0 Å². The Kier molecular flexibility index (Phi) is 8.43. The number of nitrogens with one attached hydrogen (secondary N) is 1. The van der Waals surface area contributed by atoms with E-state index in [2.05, 4.69) is 5.32 Å². The summed E-state index contributed by atoms with van der Waals surface area (Å²) in [6.45, 7) is 0.800. The zero-order chi connectivity index (χ0) is 15.1. The van der Waals surface area contributed by atoms with Crippen LogP contribution in [0.15, 0.2) is 12.1 Å². The minimum atomic E-state index is 0. The van der Waals surface area contributed by atoms with Crippen molar-refractivity contribution in [3.63, 3.8) is 0 Å². The fourth-order valence-corrected chi connectivity index (χ4v) is 2.97. The van der Waals surface area contributed by atoms with E-state index < -0.39 is 0 Å². The van der Waals surface area contributed by atoms with Crippen molar-refractivity contribution in [1.82, 2.24) is 5.32 Å². The third-order valence-electron chi connectivity index (χ3n) is 4.22. The second kappa shape index (κ2) is 9.80. The first-order valence-corrected chi connectivity index (χ1v) is 7.80. The average Bonchev–Trinajstić information content (AvgIpc) is 2.80. The topological polar surface area (TPSA) is 39.7 Å². The summed E-state index contributed by atoms with van der Waals surface area (Å²) in [6.07, 6.45) is 7.96. The van der Waals surface area contributed by atoms with Gasteiger partial charge in [0.1, 0.15) is 5.75 Å². The van der Waals surface area contributed by atoms with Gasteiger partial charge in [-0.3, -0.25) is 0 Å². The molecule has 0 radical (unpaired) electrons. The fraction of sp³-hybridized carbons (Fsp3) is 0.647. The molecule has 126 valence electrons. The molecular weight excluding hydrogens is 302 g/mol. The van der Waals surface area contributed by atoms with Crippen LogP contribution in [0.1, 0.15) is 44.1 Å². The van der Waals surface area contributed by atoms with E-state index in [1.165, 1.54) is 38.5 Å². The number of hydrogen-bond acceptors (Lipinski definition) is 4. The summed E-state index contributed by atoms with van der Waals surface area (Å²) in [5.41, 5.74) is 1.11. The molecule has 1 N–H and O–H groups in total. The van der Waals surface area contributed by atoms with Crippen molar-refractivity contribution in [3.8, 4) is 17.2 Å². The van der Waals surface area contributed by atoms with Crippen LogP contribution in [0.3, 0.4) is 0 Å². The Morgan fingerprint density at radius 2 is 1.41 bits per heavy atom. The maximum atomic E-state index is 5.48. The van der Waals surface area contributed by atoms with E-state index in [1.54, 1.807) is 21.3 Å². The van der Waals surface area contributed by atoms with Crippen molar-refractivity contribution in [2.75, 3.05) is 21.3 Å². The quantitative estimate of drug-likeness (QED) is 0.773. The maximum absolute atomic E-state index is 5.48. The van der Waals surface area contributed by atoms with Crippen molar-refractivity contribution < 1.29 is 26.6 Å². The SMILES string of the molecule is COc1cc(OC)c(OC)cc1CNC1CCCCCC1.[Cl-]. The second-order valence-electron chi connectivity index (χ2n) is 5.59. The van der Waals surface area contributed by atoms with Gasteiger partial charge < -0.3 is 31.9 Å². The number of methoxy groups -OCH3 is 3. The molecule has 1 aromatic carbocycles. The summed E-state index contributed by atoms with van der Waals surface area (Å²) in [6, 6.07) is 4.51. The molecule has 0 unspecified atom stereocenters. The van der Waals surface area contributed by atoms with Gasteiger partial charge >= 0.3 is 0 Å². The maximum Gasteiger partial charge on any atom is 0.164 e. The smallest absolute Gasteiger partial charge is 0.164 e. The van der Waals surface area contributed by atoms with Crippen molar-refractivity contribution in [2.24, 2.45) is 0 Å². The fourth-order valence-electron chi connectivity index (χ4n) is 2.97. The Balaban J connectivity index is 0.00000242. The van der Waals surface area contributed by atoms with Gasteiger partial charge in [0.2, 0.25) is 0 Å². The number of ether oxygens (including phenoxy) is 3. The normalized spacial score (nSPS) is 15.6. The lowest BCUT2D eigenvalue weighted by molar-refractivity contribution is -0.00000533. The summed E-state index contributed by atoms with van der Waals surface area (Å²) in [4.78, 5) is 0. The zero-order valence-electron chi connectivity index (χ0n) is 13.8. The molecule has 1 aromatic rings. The van der Waals surface area contributed by atoms with Gasteiger partial charge in [0.05, 0.1) is 21.3 Å². The van der Waals surface area contributed by atoms with Crippen molar-refractivity contribution in [2.45, 2.75) is 51.1 Å². The molecule has 0 aliphatic heterocycles. The number of benzene rings is 1. The zero-order valence-corrected chi connectivity index (χ0v) is 14.5. The molecule has 1 saturated carbocycles. The lowest BCUT2D eigenvalue weighted by atomic mass is 10.1. The first-order valence-electron chi connectivity index (χ1n) is 7.80. The molecule has 0 amide bonds. The van der Waals surface area contributed by atoms with Crippen LogP contribution in [0, 0.1) is 0 Å². The summed E-state index contributed by atoms with van der Waals surface area (Å²) < 4.78 is 16.2. The Bertz CT molecular complexity index is 446. The second-order valence-corrected chi connectivity index (χ2v) is 5.59. The summed E-state index contributed by atoms with van der Waals surface area (Å²) in [7, 11) is 4.99. The van der Waals surface area contributed by atoms with Gasteiger partial charge in [0.25, 0.3) is 0 Å². The monoisotopic (exact) mass is 328 g/mol. The number of halogens is 1. The van der Waals surface area contributed by atoms with Gasteiger partial charge in [-0.2, -0.15) is 0 Å². The minimum Gasteiger partial charge on any atom is -1.00 e. The molecule has 5 heteroatoms. The van der Waals surface area contributed by atoms with E-state index in [1.807, 2.05) is 12.1 Å². The molecule has 1 fully saturated rings. The molecule has 1 aliphatic rings. The Labute approximate surface area is 139 Å². The highest BCUT2D eigenvalue weighted by Crippen LogP contribution is 2.34. The van der Waals surface area contributed by atoms with Crippen molar-refractivity contribution in [3.05, 3.63) is 17.7 Å². The molecule has 0 atom stereocenters. The number of rotatable bonds is 6. The number of hydrogen-bond donors (Lipinski definition) is 1. The van der Waals surface area contributed by atoms with E-state index in [9.17, 15) is 0 Å². The van der Waals surface area contributed by atoms with Crippen LogP contribution in [0.2, 0.25) is 0 Å². The highest BCUT2D eigenvalue weighted by Gasteiger charge is 2.15. The molecule has 1 aliphatic carbocycles. The van der Waals surface area contributed by atoms with E-state index in [4.69, 9.17) is 14.2 Å². The molecule has 0 saturated heterocycles. The third-order valence-corrected chi connectivity index (χ3v) is 4.22. The van der Waals surface area contributed by atoms with Gasteiger partial charge in [0, 0.05) is 24.2 Å². The van der Waals surface area contributed by atoms with Crippen LogP contribution in [-0.4, -0.2) is 27.4 Å². The lowest BCUT2D eigenvalue weighted by Gasteiger charge is -2.19. The summed E-state index contributed by atoms with van der Waals surface area (Å²) in [5.74, 6) is 2.29. The van der Waals surface area contributed by atoms with Crippen LogP contribution in [0.5, 0.6) is 17.2 Å². The standard InChI is InChI=1S/C17H27NO3.ClH/c1-19-15-11-17(21-3)16(20-2)10-13(15)12-18-14-8-6-4-5-7-9-14;/h10-11,14,18H,4-9,12H2,1-3H3;1H/p-1. The molecule has 0 aromatic heterocycles. The van der Waals surface area contributed by atoms with Crippen LogP contribution >= 0.6 is 0 Å². The van der Waals surface area contributed by atoms with Gasteiger partial charge in [0.15, 0.2) is 11.5 Å². The van der Waals surface area contributed by atoms with E-state index in [0.29, 0.717) is 11.8 Å². The Hall–Kier alpha value is -1.13. The summed E-state index contributed by atoms with van der Waals surface area (Å²) >= 11 is 0. The minimum absolute atomic E-state index is 0. The lowest BCUT2D eigenvalue weighted by Crippen LogP contribution is -3.00. The average molecular weight is 329 g/mol. The molecular formula is C17H27ClNO3-. The first kappa shape index (κ1) is 18.9. The third kappa shape index (κ3) is 4.96. The van der Waals surface area contributed by atoms with Crippen molar-refractivity contribution >= 4 is 0 Å². The molecule has 4 nitrogen and oxygen atoms in total. The molecule has 2 rings (SSSR count). The highest BCUT2D eigenvalue weighted by atomic mass is 35.5. The van der Waals surface area contributed by atoms with Crippen LogP contribution in [0.25, 0.3) is 0 Å². The highest BCUT2D eigenvalue weighted by molar-refractivity contribution is 5.50. The first-order chi connectivity index (χ1) is 10.3. The van der Waals surface area contributed by atoms with Crippen LogP contribution < -0.4 is 31.9 Å². The van der Waals surface area contributed by atoms with Gasteiger partial charge in [-0.25, -0.2) is 0 Å². The van der Waals surface area contributed by atoms with Crippen molar-refractivity contribution in [1.29, 1.82) is 0 Å². The largest absolute Gasteiger partial charge is 1.00 e. The van der Waals surface area contributed by atoms with E-state index >= 15 is 0 Å².